The van der Waals surface area contributed by atoms with E-state index in [-0.39, 0.29) is 5.95 Å². The van der Waals surface area contributed by atoms with Crippen molar-refractivity contribution in [2.75, 3.05) is 7.11 Å². The van der Waals surface area contributed by atoms with Gasteiger partial charge in [0.1, 0.15) is 5.75 Å². The average Bonchev–Trinajstić information content (AvgIpc) is 2.81. The second-order valence-electron chi connectivity index (χ2n) is 2.83. The molecule has 0 atom stereocenters. The van der Waals surface area contributed by atoms with Crippen molar-refractivity contribution < 1.29 is 9.84 Å². The van der Waals surface area contributed by atoms with Crippen molar-refractivity contribution in [2.24, 2.45) is 4.99 Å². The summed E-state index contributed by atoms with van der Waals surface area (Å²) in [5.41, 5.74) is 0.356. The average molecular weight is 218 g/mol. The summed E-state index contributed by atoms with van der Waals surface area (Å²) in [5.74, 6) is -0.0190. The first-order valence-electron chi connectivity index (χ1n) is 4.44. The lowest BCUT2D eigenvalue weighted by molar-refractivity contribution is -0.212. The molecule has 0 aliphatic rings. The van der Waals surface area contributed by atoms with Crippen LogP contribution in [0.3, 0.4) is 0 Å². The minimum Gasteiger partial charge on any atom is -0.858 e. The van der Waals surface area contributed by atoms with E-state index in [4.69, 9.17) is 4.74 Å². The number of hydrogen-bond acceptors (Lipinski definition) is 6. The quantitative estimate of drug-likeness (QED) is 0.560. The second-order valence-corrected chi connectivity index (χ2v) is 2.83. The molecular formula is C9H8N5O2-. The van der Waals surface area contributed by atoms with Gasteiger partial charge in [0.15, 0.2) is 0 Å². The molecule has 1 heterocycles. The number of ether oxygens (including phenoxy) is 1. The smallest absolute Gasteiger partial charge is 0.288 e. The molecule has 0 aliphatic carbocycles. The molecule has 0 radical (unpaired) electrons. The SMILES string of the molecule is COc1ccccc1C([O-])=Nc1nn[nH]n1. The predicted molar refractivity (Wildman–Crippen MR) is 53.4 cm³/mol. The Bertz CT molecular complexity index is 494. The molecule has 2 rings (SSSR count). The highest BCUT2D eigenvalue weighted by atomic mass is 16.5. The minimum atomic E-state index is -0.473. The highest BCUT2D eigenvalue weighted by Gasteiger charge is 2.02. The van der Waals surface area contributed by atoms with Gasteiger partial charge in [0.2, 0.25) is 0 Å². The monoisotopic (exact) mass is 218 g/mol. The highest BCUT2D eigenvalue weighted by Crippen LogP contribution is 2.17. The fraction of sp³-hybridized carbons (Fsp3) is 0.111. The number of tetrazole rings is 1. The van der Waals surface area contributed by atoms with E-state index in [1.165, 1.54) is 7.11 Å². The number of aromatic amines is 1. The molecule has 1 aromatic heterocycles. The summed E-state index contributed by atoms with van der Waals surface area (Å²) in [6.07, 6.45) is 0. The van der Waals surface area contributed by atoms with E-state index < -0.39 is 5.90 Å². The maximum absolute atomic E-state index is 11.7. The van der Waals surface area contributed by atoms with Crippen LogP contribution in [0.25, 0.3) is 0 Å². The second kappa shape index (κ2) is 4.39. The van der Waals surface area contributed by atoms with E-state index in [0.29, 0.717) is 11.3 Å². The van der Waals surface area contributed by atoms with Crippen LogP contribution in [0.1, 0.15) is 5.56 Å². The van der Waals surface area contributed by atoms with Crippen LogP contribution < -0.4 is 9.84 Å². The van der Waals surface area contributed by atoms with Gasteiger partial charge in [0.05, 0.1) is 7.11 Å². The van der Waals surface area contributed by atoms with Crippen LogP contribution in [-0.4, -0.2) is 33.6 Å². The number of rotatable bonds is 3. The minimum absolute atomic E-state index is 0.00379. The normalized spacial score (nSPS) is 11.4. The lowest BCUT2D eigenvalue weighted by Gasteiger charge is -2.13. The van der Waals surface area contributed by atoms with Gasteiger partial charge in [-0.1, -0.05) is 23.3 Å². The van der Waals surface area contributed by atoms with E-state index in [9.17, 15) is 5.11 Å². The van der Waals surface area contributed by atoms with Crippen molar-refractivity contribution in [1.29, 1.82) is 0 Å². The summed E-state index contributed by atoms with van der Waals surface area (Å²) in [6, 6.07) is 6.79. The molecule has 1 N–H and O–H groups in total. The van der Waals surface area contributed by atoms with Gasteiger partial charge in [0, 0.05) is 11.5 Å². The molecule has 0 unspecified atom stereocenters. The Morgan fingerprint density at radius 1 is 1.44 bits per heavy atom. The summed E-state index contributed by atoms with van der Waals surface area (Å²) in [7, 11) is 1.49. The van der Waals surface area contributed by atoms with Gasteiger partial charge >= 0.3 is 0 Å². The van der Waals surface area contributed by atoms with Crippen molar-refractivity contribution in [1.82, 2.24) is 20.6 Å². The van der Waals surface area contributed by atoms with Crippen LogP contribution in [0.2, 0.25) is 0 Å². The maximum Gasteiger partial charge on any atom is 0.288 e. The Morgan fingerprint density at radius 2 is 2.25 bits per heavy atom. The molecule has 82 valence electrons. The summed E-state index contributed by atoms with van der Waals surface area (Å²) < 4.78 is 5.04. The maximum atomic E-state index is 11.7. The number of nitrogens with one attached hydrogen (secondary N) is 1. The Morgan fingerprint density at radius 3 is 2.94 bits per heavy atom. The Labute approximate surface area is 90.8 Å². The van der Waals surface area contributed by atoms with Crippen LogP contribution in [-0.2, 0) is 0 Å². The zero-order chi connectivity index (χ0) is 11.4. The molecule has 1 aromatic carbocycles. The van der Waals surface area contributed by atoms with E-state index in [0.717, 1.165) is 0 Å². The standard InChI is InChI=1S/C9H9N5O2/c1-16-7-5-3-2-4-6(7)8(15)10-9-11-13-14-12-9/h2-5H,1H3,(H2,10,11,12,13,14,15)/p-1. The van der Waals surface area contributed by atoms with Crippen LogP contribution in [0, 0.1) is 0 Å². The molecular weight excluding hydrogens is 210 g/mol. The molecule has 7 heteroatoms. The topological polar surface area (TPSA) is 99.1 Å². The number of nitrogens with zero attached hydrogens (tertiary/aromatic N) is 4. The summed E-state index contributed by atoms with van der Waals surface area (Å²) >= 11 is 0. The largest absolute Gasteiger partial charge is 0.858 e. The van der Waals surface area contributed by atoms with Crippen molar-refractivity contribution >= 4 is 11.8 Å². The van der Waals surface area contributed by atoms with Gasteiger partial charge in [-0.25, -0.2) is 4.99 Å². The number of aromatic nitrogens is 4. The van der Waals surface area contributed by atoms with Crippen LogP contribution in [0.15, 0.2) is 29.3 Å². The third-order valence-corrected chi connectivity index (χ3v) is 1.87. The zero-order valence-electron chi connectivity index (χ0n) is 8.41. The number of para-hydroxylation sites is 1. The number of H-pyrrole nitrogens is 1. The Hall–Kier alpha value is -2.44. The molecule has 0 fully saturated rings. The van der Waals surface area contributed by atoms with E-state index >= 15 is 0 Å². The molecule has 0 amide bonds. The van der Waals surface area contributed by atoms with E-state index in [1.54, 1.807) is 24.3 Å². The van der Waals surface area contributed by atoms with Gasteiger partial charge < -0.3 is 9.84 Å². The predicted octanol–water partition coefficient (Wildman–Crippen LogP) is -0.353. The molecule has 0 bridgehead atoms. The first kappa shape index (κ1) is 10.1. The lowest BCUT2D eigenvalue weighted by atomic mass is 10.2. The summed E-state index contributed by atoms with van der Waals surface area (Å²) in [6.45, 7) is 0. The van der Waals surface area contributed by atoms with Crippen molar-refractivity contribution in [3.8, 4) is 5.75 Å². The van der Waals surface area contributed by atoms with Crippen LogP contribution in [0.5, 0.6) is 5.75 Å². The molecule has 0 saturated heterocycles. The van der Waals surface area contributed by atoms with Gasteiger partial charge in [-0.3, -0.25) is 0 Å². The van der Waals surface area contributed by atoms with Gasteiger partial charge in [0.25, 0.3) is 5.95 Å². The third kappa shape index (κ3) is 1.97. The van der Waals surface area contributed by atoms with Crippen LogP contribution in [0.4, 0.5) is 5.95 Å². The zero-order valence-corrected chi connectivity index (χ0v) is 8.41. The first-order valence-corrected chi connectivity index (χ1v) is 4.44. The number of aliphatic imine (C=N–C) groups is 1. The van der Waals surface area contributed by atoms with Crippen molar-refractivity contribution in [3.05, 3.63) is 29.8 Å². The third-order valence-electron chi connectivity index (χ3n) is 1.87. The van der Waals surface area contributed by atoms with Gasteiger partial charge in [-0.05, 0) is 11.3 Å². The molecule has 0 saturated carbocycles. The highest BCUT2D eigenvalue weighted by molar-refractivity contribution is 5.94. The van der Waals surface area contributed by atoms with E-state index in [2.05, 4.69) is 25.6 Å². The molecule has 0 aliphatic heterocycles. The Balaban J connectivity index is 2.37. The van der Waals surface area contributed by atoms with Gasteiger partial charge in [-0.15, -0.1) is 5.10 Å². The van der Waals surface area contributed by atoms with Gasteiger partial charge in [-0.2, -0.15) is 5.21 Å². The summed E-state index contributed by atoms with van der Waals surface area (Å²) in [5, 5.41) is 24.4. The Kier molecular flexibility index (Phi) is 2.77. The molecule has 7 nitrogen and oxygen atoms in total. The summed E-state index contributed by atoms with van der Waals surface area (Å²) in [4.78, 5) is 3.66. The fourth-order valence-electron chi connectivity index (χ4n) is 1.18. The first-order chi connectivity index (χ1) is 7.81. The molecule has 16 heavy (non-hydrogen) atoms. The molecule has 2 aromatic rings. The van der Waals surface area contributed by atoms with Crippen LogP contribution >= 0.6 is 0 Å². The number of hydrogen-bond donors (Lipinski definition) is 1. The number of methoxy groups -OCH3 is 1. The van der Waals surface area contributed by atoms with Crippen molar-refractivity contribution in [2.45, 2.75) is 0 Å². The van der Waals surface area contributed by atoms with E-state index in [1.807, 2.05) is 0 Å². The van der Waals surface area contributed by atoms with Crippen molar-refractivity contribution in [3.63, 3.8) is 0 Å². The lowest BCUT2D eigenvalue weighted by Crippen LogP contribution is -2.19. The molecule has 0 spiro atoms. The fourth-order valence-corrected chi connectivity index (χ4v) is 1.18. The number of benzene rings is 1.